The highest BCUT2D eigenvalue weighted by Crippen LogP contribution is 2.33. The molecule has 1 rings (SSSR count). The lowest BCUT2D eigenvalue weighted by molar-refractivity contribution is 0.164. The molecule has 0 saturated carbocycles. The largest absolute Gasteiger partial charge is 0.497 e. The van der Waals surface area contributed by atoms with Gasteiger partial charge >= 0.3 is 0 Å². The molecule has 1 aromatic carbocycles. The van der Waals surface area contributed by atoms with Gasteiger partial charge in [0.2, 0.25) is 9.84 Å². The standard InChI is InChI=1S/C11H16O5S/c1-11(2,12)17(13,14)10-6-5-8(15-3)7-9(10)16-4/h5-7,12H,1-4H3. The van der Waals surface area contributed by atoms with E-state index >= 15 is 0 Å². The van der Waals surface area contributed by atoms with Gasteiger partial charge in [-0.2, -0.15) is 0 Å². The van der Waals surface area contributed by atoms with Crippen LogP contribution in [0.5, 0.6) is 11.5 Å². The van der Waals surface area contributed by atoms with E-state index in [2.05, 4.69) is 0 Å². The van der Waals surface area contributed by atoms with Crippen molar-refractivity contribution in [3.05, 3.63) is 18.2 Å². The third kappa shape index (κ3) is 2.53. The zero-order valence-electron chi connectivity index (χ0n) is 10.2. The van der Waals surface area contributed by atoms with Crippen molar-refractivity contribution >= 4 is 9.84 Å². The van der Waals surface area contributed by atoms with Crippen molar-refractivity contribution in [2.24, 2.45) is 0 Å². The molecule has 6 heteroatoms. The summed E-state index contributed by atoms with van der Waals surface area (Å²) in [4.78, 5) is -1.93. The first-order chi connectivity index (χ1) is 7.74. The number of sulfone groups is 1. The molecular weight excluding hydrogens is 244 g/mol. The lowest BCUT2D eigenvalue weighted by Crippen LogP contribution is -2.31. The van der Waals surface area contributed by atoms with Crippen LogP contribution in [-0.2, 0) is 9.84 Å². The Morgan fingerprint density at radius 3 is 2.18 bits per heavy atom. The summed E-state index contributed by atoms with van der Waals surface area (Å²) in [5.74, 6) is 0.628. The summed E-state index contributed by atoms with van der Waals surface area (Å²) in [7, 11) is -1.04. The van der Waals surface area contributed by atoms with Gasteiger partial charge in [0, 0.05) is 6.07 Å². The van der Waals surface area contributed by atoms with Gasteiger partial charge in [-0.1, -0.05) is 0 Å². The Balaban J connectivity index is 3.43. The lowest BCUT2D eigenvalue weighted by Gasteiger charge is -2.20. The second kappa shape index (κ2) is 4.54. The van der Waals surface area contributed by atoms with Gasteiger partial charge in [0.1, 0.15) is 16.4 Å². The molecule has 0 bridgehead atoms. The minimum absolute atomic E-state index is 0.0618. The van der Waals surface area contributed by atoms with Gasteiger partial charge in [0.15, 0.2) is 4.93 Å². The van der Waals surface area contributed by atoms with Gasteiger partial charge in [-0.15, -0.1) is 0 Å². The molecule has 5 nitrogen and oxygen atoms in total. The van der Waals surface area contributed by atoms with Crippen molar-refractivity contribution in [1.29, 1.82) is 0 Å². The summed E-state index contributed by atoms with van der Waals surface area (Å²) in [6, 6.07) is 4.31. The molecule has 0 aliphatic heterocycles. The smallest absolute Gasteiger partial charge is 0.210 e. The van der Waals surface area contributed by atoms with Crippen LogP contribution in [0.1, 0.15) is 13.8 Å². The normalized spacial score (nSPS) is 12.3. The SMILES string of the molecule is COc1ccc(S(=O)(=O)C(C)(C)O)c(OC)c1. The van der Waals surface area contributed by atoms with Crippen LogP contribution in [0.4, 0.5) is 0 Å². The van der Waals surface area contributed by atoms with E-state index in [1.54, 1.807) is 0 Å². The molecule has 0 aromatic heterocycles. The van der Waals surface area contributed by atoms with Crippen LogP contribution in [0.3, 0.4) is 0 Å². The van der Waals surface area contributed by atoms with E-state index in [-0.39, 0.29) is 10.6 Å². The van der Waals surface area contributed by atoms with Gasteiger partial charge in [0.25, 0.3) is 0 Å². The predicted molar refractivity (Wildman–Crippen MR) is 63.0 cm³/mol. The number of benzene rings is 1. The molecule has 0 heterocycles. The Labute approximate surface area is 101 Å². The maximum atomic E-state index is 12.1. The van der Waals surface area contributed by atoms with Crippen molar-refractivity contribution in [2.75, 3.05) is 14.2 Å². The third-order valence-corrected chi connectivity index (χ3v) is 4.55. The summed E-state index contributed by atoms with van der Waals surface area (Å²) in [6.45, 7) is 2.43. The Hall–Kier alpha value is -1.27. The molecule has 1 N–H and O–H groups in total. The van der Waals surface area contributed by atoms with E-state index in [0.29, 0.717) is 5.75 Å². The molecule has 0 aliphatic carbocycles. The zero-order valence-corrected chi connectivity index (χ0v) is 11.0. The predicted octanol–water partition coefficient (Wildman–Crippen LogP) is 1.21. The average Bonchev–Trinajstić information content (AvgIpc) is 2.26. The molecule has 96 valence electrons. The van der Waals surface area contributed by atoms with E-state index in [9.17, 15) is 13.5 Å². The molecule has 0 spiro atoms. The molecular formula is C11H16O5S. The monoisotopic (exact) mass is 260 g/mol. The van der Waals surface area contributed by atoms with Gasteiger partial charge < -0.3 is 14.6 Å². The molecule has 0 unspecified atom stereocenters. The van der Waals surface area contributed by atoms with Crippen molar-refractivity contribution in [1.82, 2.24) is 0 Å². The molecule has 0 saturated heterocycles. The van der Waals surface area contributed by atoms with Crippen molar-refractivity contribution in [2.45, 2.75) is 23.7 Å². The third-order valence-electron chi connectivity index (χ3n) is 2.32. The summed E-state index contributed by atoms with van der Waals surface area (Å²) in [5.41, 5.74) is 0. The molecule has 0 fully saturated rings. The highest BCUT2D eigenvalue weighted by atomic mass is 32.2. The fourth-order valence-corrected chi connectivity index (χ4v) is 2.46. The second-order valence-electron chi connectivity index (χ2n) is 3.97. The first-order valence-electron chi connectivity index (χ1n) is 4.93. The highest BCUT2D eigenvalue weighted by molar-refractivity contribution is 7.92. The topological polar surface area (TPSA) is 72.8 Å². The molecule has 0 aliphatic rings. The van der Waals surface area contributed by atoms with Crippen molar-refractivity contribution < 1.29 is 23.0 Å². The number of aliphatic hydroxyl groups is 1. The van der Waals surface area contributed by atoms with E-state index in [4.69, 9.17) is 9.47 Å². The van der Waals surface area contributed by atoms with Crippen LogP contribution in [0.15, 0.2) is 23.1 Å². The number of hydrogen-bond donors (Lipinski definition) is 1. The Bertz CT molecular complexity index is 499. The van der Waals surface area contributed by atoms with Crippen molar-refractivity contribution in [3.63, 3.8) is 0 Å². The fourth-order valence-electron chi connectivity index (χ4n) is 1.27. The number of ether oxygens (including phenoxy) is 2. The minimum Gasteiger partial charge on any atom is -0.497 e. The van der Waals surface area contributed by atoms with Crippen molar-refractivity contribution in [3.8, 4) is 11.5 Å². The summed E-state index contributed by atoms with van der Waals surface area (Å²) < 4.78 is 34.1. The van der Waals surface area contributed by atoms with Crippen LogP contribution in [0, 0.1) is 0 Å². The summed E-state index contributed by atoms with van der Waals surface area (Å²) in [5, 5.41) is 9.67. The lowest BCUT2D eigenvalue weighted by atomic mass is 10.3. The van der Waals surface area contributed by atoms with Gasteiger partial charge in [-0.3, -0.25) is 0 Å². The average molecular weight is 260 g/mol. The first kappa shape index (κ1) is 13.8. The van der Waals surface area contributed by atoms with Crippen LogP contribution in [0.2, 0.25) is 0 Å². The van der Waals surface area contributed by atoms with Crippen LogP contribution < -0.4 is 9.47 Å². The maximum Gasteiger partial charge on any atom is 0.210 e. The highest BCUT2D eigenvalue weighted by Gasteiger charge is 2.35. The number of methoxy groups -OCH3 is 2. The van der Waals surface area contributed by atoms with Crippen LogP contribution in [-0.4, -0.2) is 32.7 Å². The van der Waals surface area contributed by atoms with E-state index in [0.717, 1.165) is 0 Å². The number of rotatable bonds is 4. The van der Waals surface area contributed by atoms with Crippen LogP contribution >= 0.6 is 0 Å². The quantitative estimate of drug-likeness (QED) is 0.880. The second-order valence-corrected chi connectivity index (χ2v) is 6.41. The van der Waals surface area contributed by atoms with E-state index in [1.807, 2.05) is 0 Å². The molecule has 0 amide bonds. The molecule has 1 aromatic rings. The Kier molecular flexibility index (Phi) is 3.68. The van der Waals surface area contributed by atoms with Gasteiger partial charge in [-0.05, 0) is 26.0 Å². The minimum atomic E-state index is -3.87. The Morgan fingerprint density at radius 2 is 1.76 bits per heavy atom. The summed E-state index contributed by atoms with van der Waals surface area (Å²) >= 11 is 0. The number of hydrogen-bond acceptors (Lipinski definition) is 5. The fraction of sp³-hybridized carbons (Fsp3) is 0.455. The van der Waals surface area contributed by atoms with Gasteiger partial charge in [0.05, 0.1) is 14.2 Å². The van der Waals surface area contributed by atoms with Gasteiger partial charge in [-0.25, -0.2) is 8.42 Å². The molecule has 0 radical (unpaired) electrons. The Morgan fingerprint density at radius 1 is 1.18 bits per heavy atom. The van der Waals surface area contributed by atoms with Crippen LogP contribution in [0.25, 0.3) is 0 Å². The maximum absolute atomic E-state index is 12.1. The summed E-state index contributed by atoms with van der Waals surface area (Å²) in [6.07, 6.45) is 0. The molecule has 0 atom stereocenters. The first-order valence-corrected chi connectivity index (χ1v) is 6.41. The molecule has 17 heavy (non-hydrogen) atoms. The van der Waals surface area contributed by atoms with E-state index < -0.39 is 14.8 Å². The zero-order chi connectivity index (χ0) is 13.3. The van der Waals surface area contributed by atoms with E-state index in [1.165, 1.54) is 46.3 Å².